The van der Waals surface area contributed by atoms with Gasteiger partial charge in [-0.25, -0.2) is 9.07 Å². The summed E-state index contributed by atoms with van der Waals surface area (Å²) in [6.45, 7) is 5.18. The molecule has 1 aliphatic rings. The van der Waals surface area contributed by atoms with Gasteiger partial charge in [0.2, 0.25) is 0 Å². The average Bonchev–Trinajstić information content (AvgIpc) is 3.63. The molecule has 2 N–H and O–H groups in total. The van der Waals surface area contributed by atoms with Gasteiger partial charge in [-0.15, -0.1) is 5.10 Å². The smallest absolute Gasteiger partial charge is 0.123 e. The molecule has 0 amide bonds. The number of nitrogens with zero attached hydrogens (tertiary/aromatic N) is 5. The van der Waals surface area contributed by atoms with Crippen molar-refractivity contribution in [3.63, 3.8) is 0 Å². The summed E-state index contributed by atoms with van der Waals surface area (Å²) in [6, 6.07) is 10.1. The van der Waals surface area contributed by atoms with Gasteiger partial charge in [-0.2, -0.15) is 5.26 Å². The molecule has 0 radical (unpaired) electrons. The number of aromatic nitrogens is 4. The minimum Gasteiger partial charge on any atom is -0.384 e. The third-order valence-electron chi connectivity index (χ3n) is 6.41. The lowest BCUT2D eigenvalue weighted by molar-refractivity contribution is 0.112. The maximum Gasteiger partial charge on any atom is 0.123 e. The van der Waals surface area contributed by atoms with Crippen molar-refractivity contribution in [1.82, 2.24) is 20.0 Å². The fourth-order valence-electron chi connectivity index (χ4n) is 4.33. The summed E-state index contributed by atoms with van der Waals surface area (Å²) < 4.78 is 30.4. The van der Waals surface area contributed by atoms with Crippen LogP contribution >= 0.6 is 11.6 Å². The van der Waals surface area contributed by atoms with E-state index >= 15 is 0 Å². The van der Waals surface area contributed by atoms with Crippen molar-refractivity contribution < 1.29 is 10.5 Å². The van der Waals surface area contributed by atoms with Crippen LogP contribution in [0.5, 0.6) is 0 Å². The maximum absolute atomic E-state index is 13.8. The molecule has 2 heterocycles. The number of hydrogen-bond donors (Lipinski definition) is 2. The molecule has 0 saturated heterocycles. The highest BCUT2D eigenvalue weighted by atomic mass is 35.5. The maximum atomic E-state index is 13.8. The molecule has 0 spiro atoms. The first kappa shape index (κ1) is 24.6. The lowest BCUT2D eigenvalue weighted by Crippen LogP contribution is -2.28. The van der Waals surface area contributed by atoms with Crippen LogP contribution in [-0.2, 0) is 4.74 Å². The number of nitrogens with one attached hydrogen (secondary N) is 2. The van der Waals surface area contributed by atoms with Gasteiger partial charge in [0.15, 0.2) is 0 Å². The van der Waals surface area contributed by atoms with E-state index in [0.29, 0.717) is 57.3 Å². The van der Waals surface area contributed by atoms with E-state index in [1.165, 1.54) is 18.3 Å². The Balaban J connectivity index is 1.59. The topological polar surface area (TPSA) is 101 Å². The molecular formula is C28H29ClFN7O. The number of methoxy groups -OCH3 is 1. The zero-order valence-corrected chi connectivity index (χ0v) is 22.2. The highest BCUT2D eigenvalue weighted by Gasteiger charge is 2.27. The quantitative estimate of drug-likeness (QED) is 0.253. The minimum absolute atomic E-state index is 0.205. The van der Waals surface area contributed by atoms with Crippen molar-refractivity contribution in [1.29, 1.82) is 5.26 Å². The lowest BCUT2D eigenvalue weighted by Gasteiger charge is -2.25. The number of halogens is 2. The fraction of sp³-hybridized carbons (Fsp3) is 0.357. The first-order chi connectivity index (χ1) is 18.6. The van der Waals surface area contributed by atoms with Gasteiger partial charge in [-0.3, -0.25) is 4.98 Å². The number of rotatable bonds is 10. The van der Waals surface area contributed by atoms with Crippen LogP contribution in [0.1, 0.15) is 56.9 Å². The molecule has 38 heavy (non-hydrogen) atoms. The third-order valence-corrected chi connectivity index (χ3v) is 6.70. The summed E-state index contributed by atoms with van der Waals surface area (Å²) in [6.07, 6.45) is 5.28. The van der Waals surface area contributed by atoms with Crippen LogP contribution in [0.3, 0.4) is 0 Å². The summed E-state index contributed by atoms with van der Waals surface area (Å²) >= 11 is 6.69. The monoisotopic (exact) mass is 534 g/mol. The van der Waals surface area contributed by atoms with Crippen molar-refractivity contribution in [3.8, 4) is 6.07 Å². The van der Waals surface area contributed by atoms with E-state index in [2.05, 4.69) is 45.8 Å². The normalized spacial score (nSPS) is 15.5. The molecule has 196 valence electrons. The molecule has 4 aromatic rings. The first-order valence-corrected chi connectivity index (χ1v) is 12.7. The second-order valence-electron chi connectivity index (χ2n) is 10.3. The van der Waals surface area contributed by atoms with E-state index in [9.17, 15) is 11.0 Å². The van der Waals surface area contributed by atoms with Crippen LogP contribution in [-0.4, -0.2) is 40.2 Å². The molecule has 1 unspecified atom stereocenters. The standard InChI is InChI=1S/C28H29ClFN7O/c1-28(2,16-38-3)15-33-25-18(12-31)13-32-27-22(25)10-20(11-23(27)29)34-26(17-4-6-19(30)7-5-17)24-14-37(36-35-24)21-8-9-21/h4-7,10-11,13-14,21,26,34H,8-9,15-16H2,1-3H3,(H,32,33)/i26D. The predicted molar refractivity (Wildman–Crippen MR) is 146 cm³/mol. The Kier molecular flexibility index (Phi) is 6.83. The predicted octanol–water partition coefficient (Wildman–Crippen LogP) is 6.11. The SMILES string of the molecule is [2H]C(Nc1cc(Cl)c2ncc(C#N)c(NCC(C)(C)COC)c2c1)(c1ccc(F)cc1)c1cn(C2CC2)nn1. The van der Waals surface area contributed by atoms with Crippen LogP contribution in [0.2, 0.25) is 5.02 Å². The highest BCUT2D eigenvalue weighted by molar-refractivity contribution is 6.35. The average molecular weight is 535 g/mol. The Bertz CT molecular complexity index is 1550. The Labute approximate surface area is 227 Å². The van der Waals surface area contributed by atoms with Crippen molar-refractivity contribution in [2.75, 3.05) is 30.9 Å². The molecule has 0 aliphatic heterocycles. The molecule has 10 heteroatoms. The first-order valence-electron chi connectivity index (χ1n) is 12.9. The van der Waals surface area contributed by atoms with Gasteiger partial charge in [0.05, 0.1) is 48.0 Å². The van der Waals surface area contributed by atoms with Gasteiger partial charge in [0.25, 0.3) is 0 Å². The zero-order valence-electron chi connectivity index (χ0n) is 22.4. The summed E-state index contributed by atoms with van der Waals surface area (Å²) in [5.74, 6) is -0.404. The number of fused-ring (bicyclic) bond motifs is 1. The summed E-state index contributed by atoms with van der Waals surface area (Å²) in [4.78, 5) is 4.43. The van der Waals surface area contributed by atoms with Crippen LogP contribution in [0.4, 0.5) is 15.8 Å². The van der Waals surface area contributed by atoms with E-state index in [1.807, 2.05) is 0 Å². The number of anilines is 2. The van der Waals surface area contributed by atoms with Gasteiger partial charge >= 0.3 is 0 Å². The van der Waals surface area contributed by atoms with Crippen LogP contribution < -0.4 is 10.6 Å². The van der Waals surface area contributed by atoms with E-state index in [1.54, 1.807) is 42.3 Å². The van der Waals surface area contributed by atoms with Gasteiger partial charge in [-0.05, 0) is 42.7 Å². The van der Waals surface area contributed by atoms with E-state index in [-0.39, 0.29) is 11.5 Å². The number of ether oxygens (including phenoxy) is 1. The van der Waals surface area contributed by atoms with Crippen LogP contribution in [0.15, 0.2) is 48.8 Å². The summed E-state index contributed by atoms with van der Waals surface area (Å²) in [5, 5.41) is 26.0. The Morgan fingerprint density at radius 1 is 1.32 bits per heavy atom. The number of nitriles is 1. The van der Waals surface area contributed by atoms with Gasteiger partial charge < -0.3 is 15.4 Å². The molecule has 5 rings (SSSR count). The van der Waals surface area contributed by atoms with E-state index in [0.717, 1.165) is 12.8 Å². The van der Waals surface area contributed by atoms with E-state index in [4.69, 9.17) is 16.3 Å². The highest BCUT2D eigenvalue weighted by Crippen LogP contribution is 2.37. The molecule has 1 saturated carbocycles. The van der Waals surface area contributed by atoms with Crippen LogP contribution in [0, 0.1) is 22.6 Å². The fourth-order valence-corrected chi connectivity index (χ4v) is 4.60. The van der Waals surface area contributed by atoms with Gasteiger partial charge in [0.1, 0.15) is 17.6 Å². The molecular weight excluding hydrogens is 505 g/mol. The Morgan fingerprint density at radius 3 is 2.76 bits per heavy atom. The molecule has 8 nitrogen and oxygen atoms in total. The van der Waals surface area contributed by atoms with Crippen LogP contribution in [0.25, 0.3) is 10.9 Å². The second-order valence-corrected chi connectivity index (χ2v) is 10.7. The summed E-state index contributed by atoms with van der Waals surface area (Å²) in [5.41, 5.74) is 2.62. The third kappa shape index (κ3) is 5.57. The number of benzene rings is 2. The van der Waals surface area contributed by atoms with E-state index < -0.39 is 11.8 Å². The molecule has 1 atom stereocenters. The Hall–Kier alpha value is -3.74. The summed E-state index contributed by atoms with van der Waals surface area (Å²) in [7, 11) is 1.65. The molecule has 2 aromatic heterocycles. The lowest BCUT2D eigenvalue weighted by atomic mass is 9.94. The second kappa shape index (κ2) is 10.6. The molecule has 1 aliphatic carbocycles. The van der Waals surface area contributed by atoms with Crippen molar-refractivity contribution >= 4 is 33.9 Å². The van der Waals surface area contributed by atoms with Crippen molar-refractivity contribution in [2.24, 2.45) is 5.41 Å². The van der Waals surface area contributed by atoms with Gasteiger partial charge in [-0.1, -0.05) is 42.8 Å². The van der Waals surface area contributed by atoms with Crippen molar-refractivity contribution in [3.05, 3.63) is 76.5 Å². The number of pyridine rings is 1. The Morgan fingerprint density at radius 2 is 2.08 bits per heavy atom. The van der Waals surface area contributed by atoms with Crippen molar-refractivity contribution in [2.45, 2.75) is 38.7 Å². The zero-order chi connectivity index (χ0) is 27.8. The van der Waals surface area contributed by atoms with Gasteiger partial charge in [0, 0.05) is 36.3 Å². The number of hydrogen-bond acceptors (Lipinski definition) is 7. The minimum atomic E-state index is -1.60. The molecule has 1 fully saturated rings. The molecule has 2 aromatic carbocycles. The molecule has 0 bridgehead atoms. The largest absolute Gasteiger partial charge is 0.384 e.